The lowest BCUT2D eigenvalue weighted by Gasteiger charge is -2.33. The second-order valence-electron chi connectivity index (χ2n) is 2.41. The van der Waals surface area contributed by atoms with E-state index in [1.165, 1.54) is 0 Å². The van der Waals surface area contributed by atoms with Crippen LogP contribution < -0.4 is 0 Å². The first-order chi connectivity index (χ1) is 4.36. The largest absolute Gasteiger partial charge is 0.381 e. The Morgan fingerprint density at radius 1 is 1.33 bits per heavy atom. The van der Waals surface area contributed by atoms with Crippen molar-refractivity contribution in [2.24, 2.45) is 0 Å². The number of hydrogen-bond acceptors (Lipinski definition) is 2. The highest BCUT2D eigenvalue weighted by molar-refractivity contribution is 4.80. The van der Waals surface area contributed by atoms with Crippen LogP contribution in [0.15, 0.2) is 0 Å². The highest BCUT2D eigenvalue weighted by Gasteiger charge is 2.28. The summed E-state index contributed by atoms with van der Waals surface area (Å²) in [5.74, 6) is 0. The predicted octanol–water partition coefficient (Wildman–Crippen LogP) is 1.20. The van der Waals surface area contributed by atoms with Crippen LogP contribution in [-0.2, 0) is 9.47 Å². The molecule has 0 heterocycles. The van der Waals surface area contributed by atoms with Gasteiger partial charge in [-0.25, -0.2) is 0 Å². The summed E-state index contributed by atoms with van der Waals surface area (Å²) in [6, 6.07) is 0. The van der Waals surface area contributed by atoms with Crippen molar-refractivity contribution < 1.29 is 9.47 Å². The first-order valence-electron chi connectivity index (χ1n) is 3.51. The number of rotatable bonds is 3. The van der Waals surface area contributed by atoms with Crippen molar-refractivity contribution in [3.05, 3.63) is 0 Å². The van der Waals surface area contributed by atoms with Gasteiger partial charge in [0.2, 0.25) is 0 Å². The highest BCUT2D eigenvalue weighted by Crippen LogP contribution is 2.25. The summed E-state index contributed by atoms with van der Waals surface area (Å²) in [6.45, 7) is 2.86. The molecule has 1 saturated carbocycles. The van der Waals surface area contributed by atoms with Crippen LogP contribution in [0.1, 0.15) is 19.8 Å². The summed E-state index contributed by atoms with van der Waals surface area (Å²) < 4.78 is 10.4. The van der Waals surface area contributed by atoms with Crippen molar-refractivity contribution in [3.8, 4) is 0 Å². The molecular weight excluding hydrogens is 116 g/mol. The third kappa shape index (κ3) is 1.66. The Kier molecular flexibility index (Phi) is 2.49. The van der Waals surface area contributed by atoms with Gasteiger partial charge in [0, 0.05) is 13.7 Å². The zero-order valence-electron chi connectivity index (χ0n) is 6.09. The smallest absolute Gasteiger partial charge is 0.0624 e. The third-order valence-electron chi connectivity index (χ3n) is 1.79. The minimum atomic E-state index is 0.474. The zero-order valence-corrected chi connectivity index (χ0v) is 6.09. The second kappa shape index (κ2) is 3.18. The molecule has 0 spiro atoms. The summed E-state index contributed by atoms with van der Waals surface area (Å²) in [7, 11) is 1.76. The van der Waals surface area contributed by atoms with Gasteiger partial charge in [-0.3, -0.25) is 0 Å². The van der Waals surface area contributed by atoms with Gasteiger partial charge in [0.15, 0.2) is 0 Å². The molecule has 0 aromatic rings. The van der Waals surface area contributed by atoms with Crippen LogP contribution in [-0.4, -0.2) is 25.9 Å². The van der Waals surface area contributed by atoms with Crippen molar-refractivity contribution in [1.29, 1.82) is 0 Å². The second-order valence-corrected chi connectivity index (χ2v) is 2.41. The van der Waals surface area contributed by atoms with E-state index in [2.05, 4.69) is 0 Å². The maximum atomic E-state index is 5.33. The molecule has 0 amide bonds. The topological polar surface area (TPSA) is 18.5 Å². The van der Waals surface area contributed by atoms with E-state index >= 15 is 0 Å². The van der Waals surface area contributed by atoms with Gasteiger partial charge in [-0.2, -0.15) is 0 Å². The van der Waals surface area contributed by atoms with Gasteiger partial charge in [-0.05, 0) is 19.8 Å². The molecule has 2 nitrogen and oxygen atoms in total. The Bertz CT molecular complexity index is 77.0. The molecule has 0 aromatic heterocycles. The van der Waals surface area contributed by atoms with Crippen LogP contribution in [0, 0.1) is 0 Å². The van der Waals surface area contributed by atoms with E-state index in [9.17, 15) is 0 Å². The van der Waals surface area contributed by atoms with E-state index in [1.54, 1.807) is 7.11 Å². The molecule has 54 valence electrons. The van der Waals surface area contributed by atoms with E-state index in [4.69, 9.17) is 9.47 Å². The minimum absolute atomic E-state index is 0.474. The number of hydrogen-bond donors (Lipinski definition) is 0. The molecule has 0 N–H and O–H groups in total. The van der Waals surface area contributed by atoms with Gasteiger partial charge in [0.25, 0.3) is 0 Å². The fourth-order valence-electron chi connectivity index (χ4n) is 1.08. The van der Waals surface area contributed by atoms with E-state index in [1.807, 2.05) is 6.92 Å². The lowest BCUT2D eigenvalue weighted by atomic mass is 9.92. The first kappa shape index (κ1) is 7.03. The van der Waals surface area contributed by atoms with E-state index in [-0.39, 0.29) is 0 Å². The molecule has 0 saturated heterocycles. The Hall–Kier alpha value is -0.0800. The lowest BCUT2D eigenvalue weighted by molar-refractivity contribution is -0.0833. The summed E-state index contributed by atoms with van der Waals surface area (Å²) >= 11 is 0. The maximum Gasteiger partial charge on any atom is 0.0624 e. The predicted molar refractivity (Wildman–Crippen MR) is 35.4 cm³/mol. The number of ether oxygens (including phenoxy) is 2. The van der Waals surface area contributed by atoms with Crippen LogP contribution in [0.2, 0.25) is 0 Å². The van der Waals surface area contributed by atoms with Gasteiger partial charge < -0.3 is 9.47 Å². The van der Waals surface area contributed by atoms with Crippen LogP contribution in [0.5, 0.6) is 0 Å². The van der Waals surface area contributed by atoms with Crippen molar-refractivity contribution in [2.45, 2.75) is 32.0 Å². The quantitative estimate of drug-likeness (QED) is 0.571. The zero-order chi connectivity index (χ0) is 6.69. The van der Waals surface area contributed by atoms with Crippen LogP contribution in [0.3, 0.4) is 0 Å². The van der Waals surface area contributed by atoms with E-state index in [0.29, 0.717) is 12.2 Å². The SMILES string of the molecule is CCOC1CC(OC)C1. The monoisotopic (exact) mass is 130 g/mol. The Morgan fingerprint density at radius 3 is 2.44 bits per heavy atom. The van der Waals surface area contributed by atoms with E-state index in [0.717, 1.165) is 19.4 Å². The molecule has 1 aliphatic rings. The lowest BCUT2D eigenvalue weighted by Crippen LogP contribution is -2.36. The van der Waals surface area contributed by atoms with E-state index < -0.39 is 0 Å². The van der Waals surface area contributed by atoms with Gasteiger partial charge >= 0.3 is 0 Å². The summed E-state index contributed by atoms with van der Waals surface area (Å²) in [4.78, 5) is 0. The Balaban J connectivity index is 1.98. The van der Waals surface area contributed by atoms with Crippen molar-refractivity contribution in [2.75, 3.05) is 13.7 Å². The molecule has 0 unspecified atom stereocenters. The van der Waals surface area contributed by atoms with Gasteiger partial charge in [-0.15, -0.1) is 0 Å². The van der Waals surface area contributed by atoms with Gasteiger partial charge in [0.1, 0.15) is 0 Å². The summed E-state index contributed by atoms with van der Waals surface area (Å²) in [5, 5.41) is 0. The molecule has 0 radical (unpaired) electrons. The molecule has 0 atom stereocenters. The molecule has 0 aliphatic heterocycles. The van der Waals surface area contributed by atoms with Crippen LogP contribution >= 0.6 is 0 Å². The molecule has 0 bridgehead atoms. The minimum Gasteiger partial charge on any atom is -0.381 e. The number of methoxy groups -OCH3 is 1. The summed E-state index contributed by atoms with van der Waals surface area (Å²) in [5.41, 5.74) is 0. The Labute approximate surface area is 56.2 Å². The molecule has 1 aliphatic carbocycles. The summed E-state index contributed by atoms with van der Waals surface area (Å²) in [6.07, 6.45) is 3.13. The third-order valence-corrected chi connectivity index (χ3v) is 1.79. The first-order valence-corrected chi connectivity index (χ1v) is 3.51. The average molecular weight is 130 g/mol. The molecule has 1 fully saturated rings. The molecular formula is C7H14O2. The molecule has 2 heteroatoms. The molecule has 0 aromatic carbocycles. The van der Waals surface area contributed by atoms with Crippen LogP contribution in [0.4, 0.5) is 0 Å². The normalized spacial score (nSPS) is 34.0. The fourth-order valence-corrected chi connectivity index (χ4v) is 1.08. The van der Waals surface area contributed by atoms with Gasteiger partial charge in [0.05, 0.1) is 12.2 Å². The fraction of sp³-hybridized carbons (Fsp3) is 1.00. The maximum absolute atomic E-state index is 5.33. The van der Waals surface area contributed by atoms with Gasteiger partial charge in [-0.1, -0.05) is 0 Å². The standard InChI is InChI=1S/C7H14O2/c1-3-9-7-4-6(5-7)8-2/h6-7H,3-5H2,1-2H3. The average Bonchev–Trinajstić information content (AvgIpc) is 1.77. The van der Waals surface area contributed by atoms with Crippen molar-refractivity contribution in [1.82, 2.24) is 0 Å². The highest BCUT2D eigenvalue weighted by atomic mass is 16.5. The molecule has 1 rings (SSSR count). The van der Waals surface area contributed by atoms with Crippen molar-refractivity contribution in [3.63, 3.8) is 0 Å². The Morgan fingerprint density at radius 2 is 2.00 bits per heavy atom. The van der Waals surface area contributed by atoms with Crippen LogP contribution in [0.25, 0.3) is 0 Å². The molecule has 9 heavy (non-hydrogen) atoms. The van der Waals surface area contributed by atoms with Crippen molar-refractivity contribution >= 4 is 0 Å².